The summed E-state index contributed by atoms with van der Waals surface area (Å²) < 4.78 is 5.55. The Balaban J connectivity index is 2.51. The maximum absolute atomic E-state index is 11.1. The number of hydrogen-bond donors (Lipinski definition) is 1. The van der Waals surface area contributed by atoms with E-state index < -0.39 is 4.92 Å². The van der Waals surface area contributed by atoms with E-state index in [-0.39, 0.29) is 11.7 Å². The number of nitrogens with one attached hydrogen (secondary N) is 1. The van der Waals surface area contributed by atoms with Crippen molar-refractivity contribution in [2.45, 2.75) is 19.8 Å². The Labute approximate surface area is 119 Å². The summed E-state index contributed by atoms with van der Waals surface area (Å²) in [6.07, 6.45) is 0.852. The van der Waals surface area contributed by atoms with Gasteiger partial charge in [0.15, 0.2) is 0 Å². The van der Waals surface area contributed by atoms with E-state index in [9.17, 15) is 14.9 Å². The van der Waals surface area contributed by atoms with Crippen LogP contribution in [0.15, 0.2) is 22.7 Å². The van der Waals surface area contributed by atoms with Gasteiger partial charge in [-0.2, -0.15) is 0 Å². The molecule has 0 aliphatic carbocycles. The monoisotopic (exact) mass is 330 g/mol. The largest absolute Gasteiger partial charge is 0.466 e. The standard InChI is InChI=1S/C12H15BrN2O4/c1-2-19-12(16)4-3-7-14-10-8-9(13)5-6-11(10)15(17)18/h5-6,8,14H,2-4,7H2,1H3. The Bertz CT molecular complexity index is 465. The average Bonchev–Trinajstić information content (AvgIpc) is 2.34. The molecule has 19 heavy (non-hydrogen) atoms. The molecular formula is C12H15BrN2O4. The molecule has 0 unspecified atom stereocenters. The van der Waals surface area contributed by atoms with Crippen molar-refractivity contribution in [2.75, 3.05) is 18.5 Å². The van der Waals surface area contributed by atoms with Gasteiger partial charge < -0.3 is 10.1 Å². The molecule has 1 aromatic carbocycles. The van der Waals surface area contributed by atoms with Crippen LogP contribution in [-0.4, -0.2) is 24.0 Å². The molecule has 0 spiro atoms. The summed E-state index contributed by atoms with van der Waals surface area (Å²) in [7, 11) is 0. The molecule has 6 nitrogen and oxygen atoms in total. The predicted molar refractivity (Wildman–Crippen MR) is 75.2 cm³/mol. The number of ether oxygens (including phenoxy) is 1. The SMILES string of the molecule is CCOC(=O)CCCNc1cc(Br)ccc1[N+](=O)[O-]. The lowest BCUT2D eigenvalue weighted by atomic mass is 10.2. The summed E-state index contributed by atoms with van der Waals surface area (Å²) in [5, 5.41) is 13.8. The molecule has 1 aromatic rings. The second-order valence-electron chi connectivity index (χ2n) is 3.75. The van der Waals surface area contributed by atoms with E-state index in [4.69, 9.17) is 4.74 Å². The van der Waals surface area contributed by atoms with E-state index in [2.05, 4.69) is 21.2 Å². The van der Waals surface area contributed by atoms with Gasteiger partial charge in [-0.05, 0) is 25.5 Å². The summed E-state index contributed by atoms with van der Waals surface area (Å²) in [5.41, 5.74) is 0.447. The van der Waals surface area contributed by atoms with Crippen molar-refractivity contribution in [1.82, 2.24) is 0 Å². The number of benzene rings is 1. The zero-order valence-corrected chi connectivity index (χ0v) is 12.1. The molecule has 1 N–H and O–H groups in total. The highest BCUT2D eigenvalue weighted by molar-refractivity contribution is 9.10. The molecule has 104 valence electrons. The Morgan fingerprint density at radius 2 is 2.26 bits per heavy atom. The van der Waals surface area contributed by atoms with Gasteiger partial charge in [-0.15, -0.1) is 0 Å². The average molecular weight is 331 g/mol. The van der Waals surface area contributed by atoms with Gasteiger partial charge in [-0.25, -0.2) is 0 Å². The van der Waals surface area contributed by atoms with Crippen LogP contribution in [0, 0.1) is 10.1 Å². The van der Waals surface area contributed by atoms with Crippen molar-refractivity contribution in [2.24, 2.45) is 0 Å². The molecule has 1 rings (SSSR count). The van der Waals surface area contributed by atoms with E-state index in [1.54, 1.807) is 19.1 Å². The molecule has 0 atom stereocenters. The Hall–Kier alpha value is -1.63. The van der Waals surface area contributed by atoms with Gasteiger partial charge in [-0.1, -0.05) is 15.9 Å². The normalized spacial score (nSPS) is 10.0. The van der Waals surface area contributed by atoms with Crippen LogP contribution in [0.3, 0.4) is 0 Å². The van der Waals surface area contributed by atoms with Gasteiger partial charge >= 0.3 is 5.97 Å². The van der Waals surface area contributed by atoms with E-state index in [0.29, 0.717) is 31.7 Å². The molecule has 0 amide bonds. The molecule has 0 saturated heterocycles. The van der Waals surface area contributed by atoms with Gasteiger partial charge in [0.25, 0.3) is 5.69 Å². The summed E-state index contributed by atoms with van der Waals surface area (Å²) in [5.74, 6) is -0.256. The summed E-state index contributed by atoms with van der Waals surface area (Å²) >= 11 is 3.26. The molecule has 0 bridgehead atoms. The van der Waals surface area contributed by atoms with Crippen molar-refractivity contribution in [3.05, 3.63) is 32.8 Å². The number of anilines is 1. The minimum Gasteiger partial charge on any atom is -0.466 e. The Morgan fingerprint density at radius 3 is 2.89 bits per heavy atom. The molecule has 0 saturated carbocycles. The van der Waals surface area contributed by atoms with Crippen LogP contribution in [0.1, 0.15) is 19.8 Å². The summed E-state index contributed by atoms with van der Waals surface area (Å²) in [6, 6.07) is 4.68. The first-order valence-electron chi connectivity index (χ1n) is 5.88. The minimum absolute atomic E-state index is 0.0133. The molecule has 0 aliphatic heterocycles. The van der Waals surface area contributed by atoms with Crippen molar-refractivity contribution >= 4 is 33.3 Å². The predicted octanol–water partition coefficient (Wildman–Crippen LogP) is 3.11. The Morgan fingerprint density at radius 1 is 1.53 bits per heavy atom. The quantitative estimate of drug-likeness (QED) is 0.359. The molecule has 0 aliphatic rings. The number of esters is 1. The number of carbonyl (C=O) groups is 1. The molecule has 0 heterocycles. The maximum Gasteiger partial charge on any atom is 0.305 e. The molecule has 0 fully saturated rings. The number of halogens is 1. The van der Waals surface area contributed by atoms with Crippen molar-refractivity contribution < 1.29 is 14.5 Å². The number of rotatable bonds is 7. The van der Waals surface area contributed by atoms with Crippen LogP contribution < -0.4 is 5.32 Å². The van der Waals surface area contributed by atoms with Crippen LogP contribution in [0.5, 0.6) is 0 Å². The second kappa shape index (κ2) is 7.73. The second-order valence-corrected chi connectivity index (χ2v) is 4.67. The van der Waals surface area contributed by atoms with Crippen molar-refractivity contribution in [3.8, 4) is 0 Å². The van der Waals surface area contributed by atoms with Gasteiger partial charge in [0.05, 0.1) is 11.5 Å². The zero-order chi connectivity index (χ0) is 14.3. The first kappa shape index (κ1) is 15.4. The summed E-state index contributed by atoms with van der Waals surface area (Å²) in [4.78, 5) is 21.5. The fourth-order valence-electron chi connectivity index (χ4n) is 1.50. The third-order valence-electron chi connectivity index (χ3n) is 2.33. The number of hydrogen-bond acceptors (Lipinski definition) is 5. The molecule has 7 heteroatoms. The third-order valence-corrected chi connectivity index (χ3v) is 2.83. The lowest BCUT2D eigenvalue weighted by molar-refractivity contribution is -0.384. The van der Waals surface area contributed by atoms with Crippen molar-refractivity contribution in [3.63, 3.8) is 0 Å². The highest BCUT2D eigenvalue weighted by Gasteiger charge is 2.13. The van der Waals surface area contributed by atoms with E-state index >= 15 is 0 Å². The maximum atomic E-state index is 11.1. The first-order valence-corrected chi connectivity index (χ1v) is 6.67. The lowest BCUT2D eigenvalue weighted by Gasteiger charge is -2.07. The zero-order valence-electron chi connectivity index (χ0n) is 10.5. The number of carbonyl (C=O) groups excluding carboxylic acids is 1. The molecule has 0 radical (unpaired) electrons. The van der Waals surface area contributed by atoms with Crippen LogP contribution in [0.2, 0.25) is 0 Å². The number of nitro groups is 1. The summed E-state index contributed by atoms with van der Waals surface area (Å²) in [6.45, 7) is 2.58. The van der Waals surface area contributed by atoms with E-state index in [0.717, 1.165) is 4.47 Å². The van der Waals surface area contributed by atoms with E-state index in [1.165, 1.54) is 6.07 Å². The number of nitro benzene ring substituents is 1. The molecule has 0 aromatic heterocycles. The van der Waals surface area contributed by atoms with Crippen molar-refractivity contribution in [1.29, 1.82) is 0 Å². The van der Waals surface area contributed by atoms with Crippen LogP contribution in [0.25, 0.3) is 0 Å². The Kier molecular flexibility index (Phi) is 6.27. The van der Waals surface area contributed by atoms with Gasteiger partial charge in [0, 0.05) is 23.5 Å². The van der Waals surface area contributed by atoms with Gasteiger partial charge in [-0.3, -0.25) is 14.9 Å². The lowest BCUT2D eigenvalue weighted by Crippen LogP contribution is -2.09. The van der Waals surface area contributed by atoms with Gasteiger partial charge in [0.1, 0.15) is 5.69 Å². The van der Waals surface area contributed by atoms with Crippen LogP contribution >= 0.6 is 15.9 Å². The highest BCUT2D eigenvalue weighted by atomic mass is 79.9. The smallest absolute Gasteiger partial charge is 0.305 e. The van der Waals surface area contributed by atoms with E-state index in [1.807, 2.05) is 0 Å². The molecular weight excluding hydrogens is 316 g/mol. The minimum atomic E-state index is -0.444. The van der Waals surface area contributed by atoms with Crippen LogP contribution in [0.4, 0.5) is 11.4 Å². The highest BCUT2D eigenvalue weighted by Crippen LogP contribution is 2.27. The topological polar surface area (TPSA) is 81.5 Å². The van der Waals surface area contributed by atoms with Crippen LogP contribution in [-0.2, 0) is 9.53 Å². The first-order chi connectivity index (χ1) is 9.04. The fourth-order valence-corrected chi connectivity index (χ4v) is 1.86. The number of nitrogens with zero attached hydrogens (tertiary/aromatic N) is 1. The third kappa shape index (κ3) is 5.25. The fraction of sp³-hybridized carbons (Fsp3) is 0.417. The van der Waals surface area contributed by atoms with Gasteiger partial charge in [0.2, 0.25) is 0 Å².